The molecule has 0 aliphatic rings. The van der Waals surface area contributed by atoms with E-state index in [9.17, 15) is 4.79 Å². The third-order valence-corrected chi connectivity index (χ3v) is 2.61. The highest BCUT2D eigenvalue weighted by Crippen LogP contribution is 2.30. The molecule has 0 saturated carbocycles. The van der Waals surface area contributed by atoms with E-state index in [1.807, 2.05) is 0 Å². The molecule has 0 aliphatic heterocycles. The molecule has 76 valence electrons. The van der Waals surface area contributed by atoms with E-state index in [-0.39, 0.29) is 5.30 Å². The number of rotatable bonds is 2. The van der Waals surface area contributed by atoms with Gasteiger partial charge in [0, 0.05) is 4.90 Å². The van der Waals surface area contributed by atoms with Crippen molar-refractivity contribution in [2.24, 2.45) is 0 Å². The van der Waals surface area contributed by atoms with Crippen LogP contribution in [0.5, 0.6) is 5.75 Å². The van der Waals surface area contributed by atoms with Crippen molar-refractivity contribution in [2.75, 3.05) is 14.2 Å². The van der Waals surface area contributed by atoms with Gasteiger partial charge < -0.3 is 9.47 Å². The number of carbonyl (C=O) groups is 1. The molecule has 0 atom stereocenters. The Balaban J connectivity index is 2.81. The van der Waals surface area contributed by atoms with Gasteiger partial charge in [-0.05, 0) is 30.0 Å². The number of hydrogen-bond donors (Lipinski definition) is 0. The molecule has 3 nitrogen and oxygen atoms in total. The molecule has 0 N–H and O–H groups in total. The summed E-state index contributed by atoms with van der Waals surface area (Å²) in [7, 11) is 2.87. The number of halogens is 1. The summed E-state index contributed by atoms with van der Waals surface area (Å²) in [5.41, 5.74) is 0. The summed E-state index contributed by atoms with van der Waals surface area (Å²) in [5, 5.41) is 0.104. The van der Waals surface area contributed by atoms with E-state index in [2.05, 4.69) is 4.74 Å². The first-order valence-corrected chi connectivity index (χ1v) is 4.96. The van der Waals surface area contributed by atoms with Gasteiger partial charge in [-0.15, -0.1) is 0 Å². The maximum atomic E-state index is 10.9. The third-order valence-electron chi connectivity index (χ3n) is 1.49. The zero-order valence-corrected chi connectivity index (χ0v) is 9.32. The molecule has 0 amide bonds. The van der Waals surface area contributed by atoms with Gasteiger partial charge in [0.1, 0.15) is 5.75 Å². The van der Waals surface area contributed by atoms with E-state index < -0.39 is 0 Å². The van der Waals surface area contributed by atoms with E-state index in [0.29, 0.717) is 10.8 Å². The number of benzene rings is 1. The van der Waals surface area contributed by atoms with Crippen molar-refractivity contribution in [1.29, 1.82) is 0 Å². The summed E-state index contributed by atoms with van der Waals surface area (Å²) in [5.74, 6) is 0.584. The molecular weight excluding hydrogens is 224 g/mol. The fraction of sp³-hybridized carbons (Fsp3) is 0.222. The topological polar surface area (TPSA) is 35.5 Å². The summed E-state index contributed by atoms with van der Waals surface area (Å²) < 4.78 is 9.47. The minimum atomic E-state index is -0.369. The van der Waals surface area contributed by atoms with Gasteiger partial charge in [-0.1, -0.05) is 11.6 Å². The highest BCUT2D eigenvalue weighted by Gasteiger charge is 2.06. The molecule has 14 heavy (non-hydrogen) atoms. The van der Waals surface area contributed by atoms with Crippen LogP contribution in [-0.4, -0.2) is 19.5 Å². The maximum absolute atomic E-state index is 10.9. The number of carbonyl (C=O) groups excluding carboxylic acids is 1. The lowest BCUT2D eigenvalue weighted by molar-refractivity contribution is 0.200. The largest absolute Gasteiger partial charge is 0.495 e. The predicted molar refractivity (Wildman–Crippen MR) is 56.3 cm³/mol. The molecule has 5 heteroatoms. The molecule has 0 aromatic heterocycles. The van der Waals surface area contributed by atoms with Crippen LogP contribution in [0.4, 0.5) is 4.79 Å². The lowest BCUT2D eigenvalue weighted by Crippen LogP contribution is -1.90. The number of ether oxygens (including phenoxy) is 2. The van der Waals surface area contributed by atoms with Crippen LogP contribution in [0.25, 0.3) is 0 Å². The summed E-state index contributed by atoms with van der Waals surface area (Å²) >= 11 is 6.84. The standard InChI is InChI=1S/C9H9ClO3S/c1-12-8-4-3-6(5-7(8)10)14-9(11)13-2/h3-5H,1-2H3. The highest BCUT2D eigenvalue weighted by atomic mass is 35.5. The van der Waals surface area contributed by atoms with Crippen LogP contribution in [0.15, 0.2) is 23.1 Å². The molecular formula is C9H9ClO3S. The number of methoxy groups -OCH3 is 2. The van der Waals surface area contributed by atoms with Crippen molar-refractivity contribution in [3.05, 3.63) is 23.2 Å². The molecule has 0 heterocycles. The van der Waals surface area contributed by atoms with Gasteiger partial charge in [-0.2, -0.15) is 0 Å². The van der Waals surface area contributed by atoms with Crippen molar-refractivity contribution in [2.45, 2.75) is 4.90 Å². The highest BCUT2D eigenvalue weighted by molar-refractivity contribution is 8.13. The molecule has 0 saturated heterocycles. The quantitative estimate of drug-likeness (QED) is 0.580. The van der Waals surface area contributed by atoms with Crippen molar-refractivity contribution in [3.8, 4) is 5.75 Å². The Morgan fingerprint density at radius 2 is 2.14 bits per heavy atom. The van der Waals surface area contributed by atoms with E-state index in [1.54, 1.807) is 18.2 Å². The maximum Gasteiger partial charge on any atom is 0.371 e. The summed E-state index contributed by atoms with van der Waals surface area (Å²) in [4.78, 5) is 11.6. The van der Waals surface area contributed by atoms with Gasteiger partial charge in [0.2, 0.25) is 0 Å². The second-order valence-corrected chi connectivity index (χ2v) is 3.77. The second-order valence-electron chi connectivity index (χ2n) is 2.35. The van der Waals surface area contributed by atoms with Crippen molar-refractivity contribution in [1.82, 2.24) is 0 Å². The van der Waals surface area contributed by atoms with Crippen molar-refractivity contribution < 1.29 is 14.3 Å². The predicted octanol–water partition coefficient (Wildman–Crippen LogP) is 3.21. The second kappa shape index (κ2) is 5.12. The Hall–Kier alpha value is -0.870. The summed E-state index contributed by atoms with van der Waals surface area (Å²) in [6.07, 6.45) is 0. The molecule has 0 bridgehead atoms. The van der Waals surface area contributed by atoms with Gasteiger partial charge in [0.25, 0.3) is 0 Å². The minimum absolute atomic E-state index is 0.369. The Kier molecular flexibility index (Phi) is 4.10. The van der Waals surface area contributed by atoms with Crippen LogP contribution in [0, 0.1) is 0 Å². The van der Waals surface area contributed by atoms with Gasteiger partial charge in [0.15, 0.2) is 0 Å². The van der Waals surface area contributed by atoms with Gasteiger partial charge in [-0.3, -0.25) is 0 Å². The molecule has 0 unspecified atom stereocenters. The first kappa shape index (κ1) is 11.2. The van der Waals surface area contributed by atoms with Gasteiger partial charge in [0.05, 0.1) is 19.2 Å². The van der Waals surface area contributed by atoms with Crippen LogP contribution in [0.2, 0.25) is 5.02 Å². The van der Waals surface area contributed by atoms with Crippen LogP contribution in [0.3, 0.4) is 0 Å². The molecule has 1 aromatic rings. The zero-order chi connectivity index (χ0) is 10.6. The molecule has 0 spiro atoms. The zero-order valence-electron chi connectivity index (χ0n) is 7.74. The average molecular weight is 233 g/mol. The van der Waals surface area contributed by atoms with Crippen molar-refractivity contribution in [3.63, 3.8) is 0 Å². The lowest BCUT2D eigenvalue weighted by Gasteiger charge is -2.04. The molecule has 0 fully saturated rings. The Labute approximate surface area is 91.3 Å². The van der Waals surface area contributed by atoms with E-state index >= 15 is 0 Å². The Bertz CT molecular complexity index is 341. The van der Waals surface area contributed by atoms with Crippen LogP contribution in [0.1, 0.15) is 0 Å². The minimum Gasteiger partial charge on any atom is -0.495 e. The molecule has 0 aliphatic carbocycles. The number of hydrogen-bond acceptors (Lipinski definition) is 4. The van der Waals surface area contributed by atoms with E-state index in [4.69, 9.17) is 16.3 Å². The van der Waals surface area contributed by atoms with Crippen LogP contribution >= 0.6 is 23.4 Å². The summed E-state index contributed by atoms with van der Waals surface area (Å²) in [6.45, 7) is 0. The van der Waals surface area contributed by atoms with Crippen LogP contribution < -0.4 is 4.74 Å². The van der Waals surface area contributed by atoms with E-state index in [0.717, 1.165) is 16.7 Å². The van der Waals surface area contributed by atoms with Gasteiger partial charge >= 0.3 is 5.30 Å². The van der Waals surface area contributed by atoms with Crippen molar-refractivity contribution >= 4 is 28.7 Å². The fourth-order valence-electron chi connectivity index (χ4n) is 0.848. The average Bonchev–Trinajstić information content (AvgIpc) is 2.18. The molecule has 0 radical (unpaired) electrons. The van der Waals surface area contributed by atoms with Gasteiger partial charge in [-0.25, -0.2) is 4.79 Å². The first-order valence-electron chi connectivity index (χ1n) is 3.76. The Morgan fingerprint density at radius 3 is 2.64 bits per heavy atom. The lowest BCUT2D eigenvalue weighted by atomic mass is 10.3. The molecule has 1 rings (SSSR count). The smallest absolute Gasteiger partial charge is 0.371 e. The molecule has 1 aromatic carbocycles. The first-order chi connectivity index (χ1) is 6.67. The third kappa shape index (κ3) is 2.82. The monoisotopic (exact) mass is 232 g/mol. The van der Waals surface area contributed by atoms with Crippen LogP contribution in [-0.2, 0) is 4.74 Å². The Morgan fingerprint density at radius 1 is 1.43 bits per heavy atom. The fourth-order valence-corrected chi connectivity index (χ4v) is 1.76. The number of thioether (sulfide) groups is 1. The van der Waals surface area contributed by atoms with E-state index in [1.165, 1.54) is 14.2 Å². The normalized spacial score (nSPS) is 9.64. The SMILES string of the molecule is COC(=O)Sc1ccc(OC)c(Cl)c1. The summed E-state index contributed by atoms with van der Waals surface area (Å²) in [6, 6.07) is 5.10.